The number of nitrogens with zero attached hydrogens (tertiary/aromatic N) is 3. The zero-order chi connectivity index (χ0) is 20.2. The summed E-state index contributed by atoms with van der Waals surface area (Å²) >= 11 is 0. The molecule has 3 aromatic rings. The van der Waals surface area contributed by atoms with Gasteiger partial charge in [-0.05, 0) is 46.9 Å². The number of ether oxygens (including phenoxy) is 2. The lowest BCUT2D eigenvalue weighted by atomic mass is 10.1. The Hall–Kier alpha value is -3.70. The largest absolute Gasteiger partial charge is 0.443 e. The predicted octanol–water partition coefficient (Wildman–Crippen LogP) is 3.31. The van der Waals surface area contributed by atoms with Crippen molar-refractivity contribution < 1.29 is 18.8 Å². The Balaban J connectivity index is 1.37. The van der Waals surface area contributed by atoms with Crippen LogP contribution in [0.1, 0.15) is 16.7 Å². The molecule has 0 bridgehead atoms. The first-order chi connectivity index (χ1) is 14.1. The summed E-state index contributed by atoms with van der Waals surface area (Å²) in [5, 5.41) is 10.8. The Bertz CT molecular complexity index is 1100. The van der Waals surface area contributed by atoms with E-state index in [1.165, 1.54) is 18.3 Å². The Morgan fingerprint density at radius 1 is 1.24 bits per heavy atom. The number of hydrogen-bond donors (Lipinski definition) is 0. The highest BCUT2D eigenvalue weighted by molar-refractivity contribution is 5.43. The van der Waals surface area contributed by atoms with Gasteiger partial charge in [-0.3, -0.25) is 4.57 Å². The molecule has 7 nitrogen and oxygen atoms in total. The van der Waals surface area contributed by atoms with Gasteiger partial charge in [0.2, 0.25) is 0 Å². The molecule has 0 spiro atoms. The van der Waals surface area contributed by atoms with Crippen LogP contribution in [0.4, 0.5) is 10.2 Å². The average molecular weight is 393 g/mol. The van der Waals surface area contributed by atoms with Crippen LogP contribution in [0.25, 0.3) is 0 Å². The maximum atomic E-state index is 13.0. The molecular weight excluding hydrogens is 377 g/mol. The van der Waals surface area contributed by atoms with Crippen molar-refractivity contribution in [2.75, 3.05) is 6.61 Å². The Kier molecular flexibility index (Phi) is 5.22. The molecule has 2 aromatic carbocycles. The number of hydrogen-bond acceptors (Lipinski definition) is 5. The second-order valence-electron chi connectivity index (χ2n) is 6.49. The molecule has 0 fully saturated rings. The summed E-state index contributed by atoms with van der Waals surface area (Å²) < 4.78 is 25.9. The first-order valence-corrected chi connectivity index (χ1v) is 8.89. The van der Waals surface area contributed by atoms with Crippen molar-refractivity contribution >= 4 is 5.82 Å². The predicted molar refractivity (Wildman–Crippen MR) is 102 cm³/mol. The highest BCUT2D eigenvalue weighted by atomic mass is 19.1. The lowest BCUT2D eigenvalue weighted by Crippen LogP contribution is -2.32. The van der Waals surface area contributed by atoms with Crippen LogP contribution in [0.3, 0.4) is 0 Å². The molecule has 4 rings (SSSR count). The number of fused-ring (bicyclic) bond motifs is 1. The van der Waals surface area contributed by atoms with E-state index < -0.39 is 4.92 Å². The van der Waals surface area contributed by atoms with E-state index in [0.717, 1.165) is 16.7 Å². The molecule has 29 heavy (non-hydrogen) atoms. The monoisotopic (exact) mass is 393 g/mol. The lowest BCUT2D eigenvalue weighted by molar-refractivity contribution is -0.389. The van der Waals surface area contributed by atoms with Gasteiger partial charge in [0, 0.05) is 16.1 Å². The SMILES string of the molecule is O=[N+]([O-])c1cn2c(n1)OC[C@@H](OCc1cccc(C#Cc3ccc(F)cc3)c1)C2. The second-order valence-corrected chi connectivity index (χ2v) is 6.49. The van der Waals surface area contributed by atoms with E-state index in [4.69, 9.17) is 9.47 Å². The molecule has 0 amide bonds. The van der Waals surface area contributed by atoms with E-state index in [0.29, 0.717) is 13.2 Å². The minimum Gasteiger partial charge on any atom is -0.443 e. The van der Waals surface area contributed by atoms with Crippen molar-refractivity contribution in [3.05, 3.63) is 87.3 Å². The van der Waals surface area contributed by atoms with E-state index >= 15 is 0 Å². The molecule has 1 aliphatic rings. The summed E-state index contributed by atoms with van der Waals surface area (Å²) in [7, 11) is 0. The molecule has 1 aliphatic heterocycles. The van der Waals surface area contributed by atoms with Gasteiger partial charge in [0.25, 0.3) is 0 Å². The minimum atomic E-state index is -0.553. The van der Waals surface area contributed by atoms with E-state index in [2.05, 4.69) is 16.8 Å². The summed E-state index contributed by atoms with van der Waals surface area (Å²) in [4.78, 5) is 14.1. The molecule has 0 saturated carbocycles. The fourth-order valence-electron chi connectivity index (χ4n) is 2.89. The third-order valence-corrected chi connectivity index (χ3v) is 4.32. The fraction of sp³-hybridized carbons (Fsp3) is 0.190. The maximum absolute atomic E-state index is 13.0. The summed E-state index contributed by atoms with van der Waals surface area (Å²) in [5.74, 6) is 5.52. The molecule has 0 saturated heterocycles. The normalized spacial score (nSPS) is 15.0. The van der Waals surface area contributed by atoms with Crippen molar-refractivity contribution in [3.8, 4) is 17.9 Å². The lowest BCUT2D eigenvalue weighted by Gasteiger charge is -2.22. The van der Waals surface area contributed by atoms with Crippen LogP contribution >= 0.6 is 0 Å². The van der Waals surface area contributed by atoms with Crippen molar-refractivity contribution in [2.45, 2.75) is 19.3 Å². The van der Waals surface area contributed by atoms with Gasteiger partial charge in [-0.2, -0.15) is 0 Å². The first kappa shape index (κ1) is 18.7. The van der Waals surface area contributed by atoms with E-state index in [-0.39, 0.29) is 30.4 Å². The number of rotatable bonds is 4. The molecule has 0 N–H and O–H groups in total. The average Bonchev–Trinajstić information content (AvgIpc) is 3.16. The summed E-state index contributed by atoms with van der Waals surface area (Å²) in [5.41, 5.74) is 2.50. The van der Waals surface area contributed by atoms with Crippen LogP contribution in [-0.4, -0.2) is 27.2 Å². The number of imidazole rings is 1. The van der Waals surface area contributed by atoms with Gasteiger partial charge in [-0.1, -0.05) is 24.0 Å². The molecule has 0 radical (unpaired) electrons. The van der Waals surface area contributed by atoms with Crippen LogP contribution in [0.2, 0.25) is 0 Å². The van der Waals surface area contributed by atoms with E-state index in [1.807, 2.05) is 24.3 Å². The second kappa shape index (κ2) is 8.12. The number of aromatic nitrogens is 2. The zero-order valence-electron chi connectivity index (χ0n) is 15.2. The molecule has 1 atom stereocenters. The van der Waals surface area contributed by atoms with E-state index in [1.54, 1.807) is 16.7 Å². The van der Waals surface area contributed by atoms with Crippen molar-refractivity contribution in [3.63, 3.8) is 0 Å². The van der Waals surface area contributed by atoms with Crippen molar-refractivity contribution in [1.82, 2.24) is 9.55 Å². The Morgan fingerprint density at radius 3 is 2.83 bits per heavy atom. The van der Waals surface area contributed by atoms with E-state index in [9.17, 15) is 14.5 Å². The van der Waals surface area contributed by atoms with Crippen molar-refractivity contribution in [2.24, 2.45) is 0 Å². The third kappa shape index (κ3) is 4.59. The first-order valence-electron chi connectivity index (χ1n) is 8.89. The van der Waals surface area contributed by atoms with Crippen LogP contribution in [-0.2, 0) is 17.9 Å². The highest BCUT2D eigenvalue weighted by Gasteiger charge is 2.28. The Labute approximate surface area is 165 Å². The van der Waals surface area contributed by atoms with Gasteiger partial charge >= 0.3 is 11.8 Å². The van der Waals surface area contributed by atoms with Gasteiger partial charge < -0.3 is 19.6 Å². The smallest absolute Gasteiger partial charge is 0.414 e. The number of nitro groups is 1. The molecular formula is C21H16FN3O4. The van der Waals surface area contributed by atoms with Crippen LogP contribution < -0.4 is 4.74 Å². The molecule has 1 aromatic heterocycles. The third-order valence-electron chi connectivity index (χ3n) is 4.32. The molecule has 2 heterocycles. The van der Waals surface area contributed by atoms with Crippen LogP contribution in [0.5, 0.6) is 6.01 Å². The van der Waals surface area contributed by atoms with Crippen LogP contribution in [0, 0.1) is 27.8 Å². The molecule has 8 heteroatoms. The fourth-order valence-corrected chi connectivity index (χ4v) is 2.89. The molecule has 0 aliphatic carbocycles. The van der Waals surface area contributed by atoms with Crippen molar-refractivity contribution in [1.29, 1.82) is 0 Å². The standard InChI is InChI=1S/C21H16FN3O4/c22-18-8-6-15(7-9-18)4-5-16-2-1-3-17(10-16)13-28-19-11-24-12-20(25(26)27)23-21(24)29-14-19/h1-3,6-10,12,19H,11,13-14H2/t19-/m0/s1. The molecule has 0 unspecified atom stereocenters. The van der Waals surface area contributed by atoms with Gasteiger partial charge in [0.15, 0.2) is 0 Å². The topological polar surface area (TPSA) is 79.4 Å². The minimum absolute atomic E-state index is 0.231. The van der Waals surface area contributed by atoms with Gasteiger partial charge in [-0.15, -0.1) is 0 Å². The number of halogens is 1. The summed E-state index contributed by atoms with van der Waals surface area (Å²) in [6.45, 7) is 1.06. The van der Waals surface area contributed by atoms with Gasteiger partial charge in [0.1, 0.15) is 24.7 Å². The quantitative estimate of drug-likeness (QED) is 0.386. The highest BCUT2D eigenvalue weighted by Crippen LogP contribution is 2.22. The Morgan fingerprint density at radius 2 is 2.03 bits per heavy atom. The van der Waals surface area contributed by atoms with Gasteiger partial charge in [-0.25, -0.2) is 4.39 Å². The summed E-state index contributed by atoms with van der Waals surface area (Å²) in [6.07, 6.45) is 1.10. The number of benzene rings is 2. The summed E-state index contributed by atoms with van der Waals surface area (Å²) in [6, 6.07) is 13.9. The zero-order valence-corrected chi connectivity index (χ0v) is 15.2. The van der Waals surface area contributed by atoms with Gasteiger partial charge in [0.05, 0.1) is 13.2 Å². The van der Waals surface area contributed by atoms with Crippen LogP contribution in [0.15, 0.2) is 54.7 Å². The molecule has 146 valence electrons. The maximum Gasteiger partial charge on any atom is 0.414 e.